The first-order valence-corrected chi connectivity index (χ1v) is 13.8. The molecule has 1 fully saturated rings. The fourth-order valence-corrected chi connectivity index (χ4v) is 5.32. The predicted octanol–water partition coefficient (Wildman–Crippen LogP) is 7.27. The Bertz CT molecular complexity index is 1140. The first-order chi connectivity index (χ1) is 16.9. The summed E-state index contributed by atoms with van der Waals surface area (Å²) in [7, 11) is 0. The van der Waals surface area contributed by atoms with E-state index in [-0.39, 0.29) is 0 Å². The van der Waals surface area contributed by atoms with E-state index in [4.69, 9.17) is 16.3 Å². The van der Waals surface area contributed by atoms with E-state index in [0.717, 1.165) is 66.9 Å². The second kappa shape index (κ2) is 11.7. The van der Waals surface area contributed by atoms with Crippen molar-refractivity contribution in [1.29, 1.82) is 0 Å². The first kappa shape index (κ1) is 25.8. The highest BCUT2D eigenvalue weighted by Crippen LogP contribution is 2.40. The van der Waals surface area contributed by atoms with Crippen molar-refractivity contribution in [3.8, 4) is 5.75 Å². The van der Waals surface area contributed by atoms with E-state index in [2.05, 4.69) is 54.2 Å². The van der Waals surface area contributed by atoms with E-state index in [1.807, 2.05) is 37.3 Å². The molecule has 0 amide bonds. The van der Waals surface area contributed by atoms with Gasteiger partial charge >= 0.3 is 0 Å². The van der Waals surface area contributed by atoms with Crippen molar-refractivity contribution < 1.29 is 9.84 Å². The summed E-state index contributed by atoms with van der Waals surface area (Å²) in [6.45, 7) is 9.51. The molecule has 2 aliphatic rings. The zero-order valence-electron chi connectivity index (χ0n) is 20.6. The van der Waals surface area contributed by atoms with Crippen molar-refractivity contribution in [3.63, 3.8) is 0 Å². The number of thioether (sulfide) groups is 1. The lowest BCUT2D eigenvalue weighted by Crippen LogP contribution is -2.42. The van der Waals surface area contributed by atoms with Crippen molar-refractivity contribution in [2.45, 2.75) is 36.7 Å². The minimum absolute atomic E-state index is 0.488. The molecule has 0 aromatic heterocycles. The number of likely N-dealkylation sites (tertiary alicyclic amines) is 1. The lowest BCUT2D eigenvalue weighted by atomic mass is 9.84. The number of benzene rings is 2. The van der Waals surface area contributed by atoms with Gasteiger partial charge in [-0.05, 0) is 85.1 Å². The number of rotatable bonds is 6. The zero-order valence-corrected chi connectivity index (χ0v) is 22.2. The molecule has 0 unspecified atom stereocenters. The molecular formula is C30H34ClNO2S. The van der Waals surface area contributed by atoms with E-state index in [9.17, 15) is 5.11 Å². The summed E-state index contributed by atoms with van der Waals surface area (Å²) in [5.41, 5.74) is 4.62. The number of halogens is 1. The van der Waals surface area contributed by atoms with Gasteiger partial charge in [-0.25, -0.2) is 0 Å². The van der Waals surface area contributed by atoms with Crippen LogP contribution in [0.25, 0.3) is 5.57 Å². The van der Waals surface area contributed by atoms with Crippen molar-refractivity contribution in [2.75, 3.05) is 32.5 Å². The topological polar surface area (TPSA) is 32.7 Å². The lowest BCUT2D eigenvalue weighted by Gasteiger charge is -2.38. The van der Waals surface area contributed by atoms with Gasteiger partial charge in [-0.3, -0.25) is 0 Å². The molecule has 0 atom stereocenters. The molecule has 4 rings (SSSR count). The molecule has 184 valence electrons. The van der Waals surface area contributed by atoms with Gasteiger partial charge < -0.3 is 14.7 Å². The van der Waals surface area contributed by atoms with Gasteiger partial charge in [0.25, 0.3) is 0 Å². The minimum Gasteiger partial charge on any atom is -0.488 e. The third kappa shape index (κ3) is 6.13. The molecule has 0 bridgehead atoms. The number of hydrogen-bond acceptors (Lipinski definition) is 4. The van der Waals surface area contributed by atoms with Gasteiger partial charge in [-0.15, -0.1) is 11.8 Å². The Morgan fingerprint density at radius 2 is 1.89 bits per heavy atom. The van der Waals surface area contributed by atoms with Gasteiger partial charge in [0.2, 0.25) is 0 Å². The molecule has 0 saturated carbocycles. The molecule has 2 aromatic rings. The molecule has 2 heterocycles. The lowest BCUT2D eigenvalue weighted by molar-refractivity contribution is -0.0254. The Kier molecular flexibility index (Phi) is 8.61. The monoisotopic (exact) mass is 507 g/mol. The number of ether oxygens (including phenoxy) is 1. The van der Waals surface area contributed by atoms with Crippen LogP contribution in [0.2, 0.25) is 5.02 Å². The van der Waals surface area contributed by atoms with E-state index in [1.54, 1.807) is 11.8 Å². The van der Waals surface area contributed by atoms with Crippen molar-refractivity contribution in [2.24, 2.45) is 0 Å². The van der Waals surface area contributed by atoms with Crippen LogP contribution < -0.4 is 4.74 Å². The first-order valence-electron chi connectivity index (χ1n) is 12.2. The predicted molar refractivity (Wildman–Crippen MR) is 149 cm³/mol. The average molecular weight is 508 g/mol. The second-order valence-electron chi connectivity index (χ2n) is 9.15. The van der Waals surface area contributed by atoms with Gasteiger partial charge in [0.05, 0.1) is 5.60 Å². The maximum absolute atomic E-state index is 11.2. The highest BCUT2D eigenvalue weighted by molar-refractivity contribution is 7.98. The quantitative estimate of drug-likeness (QED) is 0.417. The summed E-state index contributed by atoms with van der Waals surface area (Å²) in [4.78, 5) is 3.66. The molecule has 1 saturated heterocycles. The molecule has 2 aliphatic heterocycles. The fraction of sp³-hybridized carbons (Fsp3) is 0.333. The largest absolute Gasteiger partial charge is 0.488 e. The van der Waals surface area contributed by atoms with Crippen LogP contribution >= 0.6 is 23.4 Å². The maximum atomic E-state index is 11.2. The standard InChI is InChI=1S/C30H34ClNO2S/c1-4-5-7-26-22(2)21-34-29-14-13-25(35-3)20-28(29)27(26)8-6-17-32-18-15-30(33,16-19-32)23-9-11-24(31)12-10-23/h4-5,7-14,20,33H,2,6,15-19,21H2,1,3H3/b5-4-,26-7+,27-8+. The minimum atomic E-state index is -0.772. The van der Waals surface area contributed by atoms with Gasteiger partial charge in [0, 0.05) is 35.1 Å². The number of hydrogen-bond donors (Lipinski definition) is 1. The van der Waals surface area contributed by atoms with Crippen LogP contribution in [0.15, 0.2) is 89.4 Å². The number of aliphatic hydroxyl groups is 1. The smallest absolute Gasteiger partial charge is 0.127 e. The number of fused-ring (bicyclic) bond motifs is 1. The number of allylic oxidation sites excluding steroid dienone is 4. The maximum Gasteiger partial charge on any atom is 0.127 e. The van der Waals surface area contributed by atoms with Crippen LogP contribution in [0.3, 0.4) is 0 Å². The fourth-order valence-electron chi connectivity index (χ4n) is 4.76. The zero-order chi connectivity index (χ0) is 24.8. The Morgan fingerprint density at radius 3 is 2.57 bits per heavy atom. The van der Waals surface area contributed by atoms with Crippen LogP contribution in [-0.4, -0.2) is 42.5 Å². The van der Waals surface area contributed by atoms with Crippen LogP contribution in [0, 0.1) is 0 Å². The highest BCUT2D eigenvalue weighted by Gasteiger charge is 2.33. The Morgan fingerprint density at radius 1 is 1.14 bits per heavy atom. The van der Waals surface area contributed by atoms with E-state index in [1.165, 1.54) is 10.5 Å². The van der Waals surface area contributed by atoms with Gasteiger partial charge in [0.15, 0.2) is 0 Å². The molecule has 0 radical (unpaired) electrons. The van der Waals surface area contributed by atoms with Crippen molar-refractivity contribution in [3.05, 3.63) is 101 Å². The Labute approximate surface area is 218 Å². The van der Waals surface area contributed by atoms with Gasteiger partial charge in [-0.2, -0.15) is 0 Å². The summed E-state index contributed by atoms with van der Waals surface area (Å²) in [6.07, 6.45) is 13.0. The van der Waals surface area contributed by atoms with E-state index < -0.39 is 5.60 Å². The summed E-state index contributed by atoms with van der Waals surface area (Å²) >= 11 is 7.77. The van der Waals surface area contributed by atoms with Crippen molar-refractivity contribution in [1.82, 2.24) is 4.90 Å². The third-order valence-electron chi connectivity index (χ3n) is 6.86. The SMILES string of the molecule is C=C1COc2ccc(SC)cc2C(=C/CCN2CCC(O)(c3ccc(Cl)cc3)CC2)/C1=C/C=C\C. The van der Waals surface area contributed by atoms with Crippen molar-refractivity contribution >= 4 is 28.9 Å². The Hall–Kier alpha value is -2.24. The summed E-state index contributed by atoms with van der Waals surface area (Å²) < 4.78 is 6.11. The molecule has 0 aliphatic carbocycles. The third-order valence-corrected chi connectivity index (χ3v) is 7.84. The highest BCUT2D eigenvalue weighted by atomic mass is 35.5. The van der Waals surface area contributed by atoms with Crippen LogP contribution in [0.1, 0.15) is 37.3 Å². The summed E-state index contributed by atoms with van der Waals surface area (Å²) in [5.74, 6) is 0.907. The summed E-state index contributed by atoms with van der Waals surface area (Å²) in [6, 6.07) is 14.0. The van der Waals surface area contributed by atoms with Crippen LogP contribution in [-0.2, 0) is 5.60 Å². The molecule has 5 heteroatoms. The number of nitrogens with zero attached hydrogens (tertiary/aromatic N) is 1. The van der Waals surface area contributed by atoms with E-state index in [0.29, 0.717) is 11.6 Å². The van der Waals surface area contributed by atoms with E-state index >= 15 is 0 Å². The molecular weight excluding hydrogens is 474 g/mol. The van der Waals surface area contributed by atoms with Gasteiger partial charge in [-0.1, -0.05) is 54.6 Å². The average Bonchev–Trinajstić information content (AvgIpc) is 3.00. The van der Waals surface area contributed by atoms with Crippen LogP contribution in [0.4, 0.5) is 0 Å². The normalized spacial score (nSPS) is 20.7. The van der Waals surface area contributed by atoms with Crippen LogP contribution in [0.5, 0.6) is 5.75 Å². The molecule has 0 spiro atoms. The Balaban J connectivity index is 1.50. The van der Waals surface area contributed by atoms with Gasteiger partial charge in [0.1, 0.15) is 12.4 Å². The number of piperidine rings is 1. The molecule has 3 nitrogen and oxygen atoms in total. The molecule has 2 aromatic carbocycles. The molecule has 35 heavy (non-hydrogen) atoms. The second-order valence-corrected chi connectivity index (χ2v) is 10.5. The molecule has 1 N–H and O–H groups in total. The summed E-state index contributed by atoms with van der Waals surface area (Å²) in [5, 5.41) is 11.9.